The molecular weight excluding hydrogens is 290 g/mol. The van der Waals surface area contributed by atoms with Gasteiger partial charge in [0.2, 0.25) is 0 Å². The van der Waals surface area contributed by atoms with Crippen LogP contribution in [0.15, 0.2) is 18.2 Å². The average Bonchev–Trinajstić information content (AvgIpc) is 2.64. The number of halogens is 1. The first-order chi connectivity index (χ1) is 7.97. The smallest absolute Gasteiger partial charge is 0.119 e. The fraction of sp³-hybridized carbons (Fsp3) is 0.600. The maximum absolute atomic E-state index is 10.1. The summed E-state index contributed by atoms with van der Waals surface area (Å²) in [5.41, 5.74) is 2.90. The number of hydrogen-bond donors (Lipinski definition) is 2. The van der Waals surface area contributed by atoms with Crippen LogP contribution in [0.5, 0.6) is 5.75 Å². The van der Waals surface area contributed by atoms with Gasteiger partial charge in [-0.15, -0.1) is 17.0 Å². The minimum Gasteiger partial charge on any atom is -0.508 e. The molecule has 2 nitrogen and oxygen atoms in total. The highest BCUT2D eigenvalue weighted by Gasteiger charge is 2.53. The predicted octanol–water partition coefficient (Wildman–Crippen LogP) is 3.17. The Hall–Kier alpha value is -0.540. The largest absolute Gasteiger partial charge is 0.508 e. The van der Waals surface area contributed by atoms with Crippen molar-refractivity contribution in [2.45, 2.75) is 45.1 Å². The summed E-state index contributed by atoms with van der Waals surface area (Å²) in [6.07, 6.45) is 2.18. The standard InChI is InChI=1S/C15H21NO.BrH/c1-14(2)11-5-4-6-12(17)10(11)9-13-15(14,3)7-8-16-13;/h4-6,13,16-17H,7-9H2,1-3H3;1H/t13-,15+;/m0./s1. The van der Waals surface area contributed by atoms with Gasteiger partial charge in [-0.1, -0.05) is 32.9 Å². The van der Waals surface area contributed by atoms with Crippen molar-refractivity contribution in [1.82, 2.24) is 5.32 Å². The van der Waals surface area contributed by atoms with E-state index in [0.29, 0.717) is 17.2 Å². The van der Waals surface area contributed by atoms with E-state index in [2.05, 4.69) is 32.2 Å². The van der Waals surface area contributed by atoms with E-state index in [0.717, 1.165) is 18.5 Å². The molecular formula is C15H22BrNO. The molecule has 2 aliphatic rings. The molecule has 1 saturated heterocycles. The quantitative estimate of drug-likeness (QED) is 0.771. The summed E-state index contributed by atoms with van der Waals surface area (Å²) < 4.78 is 0. The van der Waals surface area contributed by atoms with Crippen LogP contribution < -0.4 is 5.32 Å². The van der Waals surface area contributed by atoms with Gasteiger partial charge in [0.15, 0.2) is 0 Å². The average molecular weight is 312 g/mol. The third kappa shape index (κ3) is 1.56. The maximum atomic E-state index is 10.1. The number of hydrogen-bond acceptors (Lipinski definition) is 2. The molecule has 18 heavy (non-hydrogen) atoms. The molecule has 1 aliphatic carbocycles. The van der Waals surface area contributed by atoms with Gasteiger partial charge < -0.3 is 10.4 Å². The van der Waals surface area contributed by atoms with Gasteiger partial charge >= 0.3 is 0 Å². The molecule has 1 aromatic rings. The van der Waals surface area contributed by atoms with Crippen LogP contribution in [0.1, 0.15) is 38.3 Å². The first-order valence-electron chi connectivity index (χ1n) is 6.51. The Morgan fingerprint density at radius 1 is 1.28 bits per heavy atom. The molecule has 2 N–H and O–H groups in total. The lowest BCUT2D eigenvalue weighted by Gasteiger charge is -2.50. The molecule has 0 amide bonds. The summed E-state index contributed by atoms with van der Waals surface area (Å²) in [6.45, 7) is 8.14. The molecule has 1 fully saturated rings. The van der Waals surface area contributed by atoms with Crippen molar-refractivity contribution in [3.63, 3.8) is 0 Å². The molecule has 0 saturated carbocycles. The van der Waals surface area contributed by atoms with Crippen molar-refractivity contribution >= 4 is 17.0 Å². The first kappa shape index (κ1) is 13.9. The molecule has 3 heteroatoms. The predicted molar refractivity (Wildman–Crippen MR) is 79.7 cm³/mol. The van der Waals surface area contributed by atoms with Crippen LogP contribution in [0, 0.1) is 5.41 Å². The van der Waals surface area contributed by atoms with E-state index in [4.69, 9.17) is 0 Å². The van der Waals surface area contributed by atoms with Gasteiger partial charge in [-0.2, -0.15) is 0 Å². The molecule has 2 atom stereocenters. The van der Waals surface area contributed by atoms with E-state index in [1.165, 1.54) is 12.0 Å². The van der Waals surface area contributed by atoms with E-state index in [1.807, 2.05) is 12.1 Å². The van der Waals surface area contributed by atoms with Crippen LogP contribution in [0.2, 0.25) is 0 Å². The molecule has 1 aliphatic heterocycles. The molecule has 3 rings (SSSR count). The summed E-state index contributed by atoms with van der Waals surface area (Å²) in [6, 6.07) is 6.47. The summed E-state index contributed by atoms with van der Waals surface area (Å²) in [4.78, 5) is 0. The fourth-order valence-electron chi connectivity index (χ4n) is 3.84. The van der Waals surface area contributed by atoms with Gasteiger partial charge in [-0.05, 0) is 47.4 Å². The third-order valence-corrected chi connectivity index (χ3v) is 5.46. The van der Waals surface area contributed by atoms with Crippen LogP contribution in [-0.2, 0) is 11.8 Å². The summed E-state index contributed by atoms with van der Waals surface area (Å²) in [5, 5.41) is 13.7. The van der Waals surface area contributed by atoms with Gasteiger partial charge in [0, 0.05) is 6.04 Å². The summed E-state index contributed by atoms with van der Waals surface area (Å²) in [7, 11) is 0. The Morgan fingerprint density at radius 2 is 2.00 bits per heavy atom. The number of rotatable bonds is 0. The Labute approximate surface area is 120 Å². The van der Waals surface area contributed by atoms with Gasteiger partial charge in [-0.25, -0.2) is 0 Å². The van der Waals surface area contributed by atoms with Crippen LogP contribution in [0.4, 0.5) is 0 Å². The van der Waals surface area contributed by atoms with E-state index < -0.39 is 0 Å². The third-order valence-electron chi connectivity index (χ3n) is 5.46. The molecule has 100 valence electrons. The van der Waals surface area contributed by atoms with E-state index in [-0.39, 0.29) is 22.4 Å². The lowest BCUT2D eigenvalue weighted by atomic mass is 9.54. The summed E-state index contributed by atoms with van der Waals surface area (Å²) in [5.74, 6) is 0.464. The number of aromatic hydroxyl groups is 1. The Kier molecular flexibility index (Phi) is 3.27. The second-order valence-corrected chi connectivity index (χ2v) is 6.31. The lowest BCUT2D eigenvalue weighted by molar-refractivity contribution is 0.129. The zero-order chi connectivity index (χ0) is 12.3. The van der Waals surface area contributed by atoms with Gasteiger partial charge in [0.25, 0.3) is 0 Å². The van der Waals surface area contributed by atoms with Crippen molar-refractivity contribution in [3.05, 3.63) is 29.3 Å². The summed E-state index contributed by atoms with van der Waals surface area (Å²) >= 11 is 0. The normalized spacial score (nSPS) is 32.3. The topological polar surface area (TPSA) is 32.3 Å². The Balaban J connectivity index is 0.00000120. The molecule has 0 bridgehead atoms. The second-order valence-electron chi connectivity index (χ2n) is 6.31. The molecule has 0 aromatic heterocycles. The zero-order valence-electron chi connectivity index (χ0n) is 11.3. The van der Waals surface area contributed by atoms with Crippen LogP contribution in [-0.4, -0.2) is 17.7 Å². The highest BCUT2D eigenvalue weighted by atomic mass is 79.9. The molecule has 1 heterocycles. The Bertz CT molecular complexity index is 472. The van der Waals surface area contributed by atoms with Crippen LogP contribution >= 0.6 is 17.0 Å². The SMILES string of the molecule is Br.CC1(C)c2cccc(O)c2C[C@@H]2NCC[C@]21C. The number of phenolic OH excluding ortho intramolecular Hbond substituents is 1. The van der Waals surface area contributed by atoms with Crippen LogP contribution in [0.3, 0.4) is 0 Å². The van der Waals surface area contributed by atoms with E-state index >= 15 is 0 Å². The molecule has 0 unspecified atom stereocenters. The number of benzene rings is 1. The van der Waals surface area contributed by atoms with Gasteiger partial charge in [0.05, 0.1) is 0 Å². The number of phenols is 1. The monoisotopic (exact) mass is 311 g/mol. The Morgan fingerprint density at radius 3 is 2.72 bits per heavy atom. The van der Waals surface area contributed by atoms with Crippen molar-refractivity contribution < 1.29 is 5.11 Å². The highest BCUT2D eigenvalue weighted by molar-refractivity contribution is 8.93. The fourth-order valence-corrected chi connectivity index (χ4v) is 3.84. The minimum atomic E-state index is 0. The first-order valence-corrected chi connectivity index (χ1v) is 6.51. The number of fused-ring (bicyclic) bond motifs is 2. The second kappa shape index (κ2) is 4.24. The van der Waals surface area contributed by atoms with Gasteiger partial charge in [0.1, 0.15) is 5.75 Å². The zero-order valence-corrected chi connectivity index (χ0v) is 13.0. The van der Waals surface area contributed by atoms with Gasteiger partial charge in [-0.3, -0.25) is 0 Å². The molecule has 0 spiro atoms. The number of nitrogens with one attached hydrogen (secondary N) is 1. The van der Waals surface area contributed by atoms with Crippen LogP contribution in [0.25, 0.3) is 0 Å². The van der Waals surface area contributed by atoms with Crippen molar-refractivity contribution in [2.24, 2.45) is 5.41 Å². The van der Waals surface area contributed by atoms with Crippen molar-refractivity contribution in [1.29, 1.82) is 0 Å². The van der Waals surface area contributed by atoms with Crippen molar-refractivity contribution in [3.8, 4) is 5.75 Å². The molecule has 1 aromatic carbocycles. The minimum absolute atomic E-state index is 0. The van der Waals surface area contributed by atoms with Crippen molar-refractivity contribution in [2.75, 3.05) is 6.54 Å². The van der Waals surface area contributed by atoms with E-state index in [9.17, 15) is 5.11 Å². The lowest BCUT2D eigenvalue weighted by Crippen LogP contribution is -2.52. The highest BCUT2D eigenvalue weighted by Crippen LogP contribution is 2.54. The van der Waals surface area contributed by atoms with E-state index in [1.54, 1.807) is 0 Å². The maximum Gasteiger partial charge on any atom is 0.119 e. The molecule has 0 radical (unpaired) electrons.